The Bertz CT molecular complexity index is 1370. The molecule has 0 aliphatic carbocycles. The normalized spacial score (nSPS) is 10.7. The molecule has 7 nitrogen and oxygen atoms in total. The van der Waals surface area contributed by atoms with Gasteiger partial charge in [-0.1, -0.05) is 62.2 Å². The molecule has 0 bridgehead atoms. The zero-order valence-electron chi connectivity index (χ0n) is 22.3. The lowest BCUT2D eigenvalue weighted by Crippen LogP contribution is -2.39. The molecule has 1 aromatic heterocycles. The third-order valence-corrected chi connectivity index (χ3v) is 6.35. The first kappa shape index (κ1) is 27.6. The van der Waals surface area contributed by atoms with Gasteiger partial charge in [0.05, 0.1) is 31.5 Å². The van der Waals surface area contributed by atoms with Crippen LogP contribution in [0.3, 0.4) is 0 Å². The predicted octanol–water partition coefficient (Wildman–Crippen LogP) is 5.89. The van der Waals surface area contributed by atoms with E-state index in [4.69, 9.17) is 4.74 Å². The third kappa shape index (κ3) is 7.54. The Morgan fingerprint density at radius 1 is 0.974 bits per heavy atom. The number of rotatable bonds is 12. The maximum atomic E-state index is 13.6. The third-order valence-electron chi connectivity index (χ3n) is 6.35. The standard InChI is InChI=1S/C31H33FN4O3/c1-3-4-8-19-35(31(38)20-23-11-17-27(39-2)18-12-23)22-30(37)33-29-21-28(24-9-6-5-7-10-24)34-36(29)26-15-13-25(32)14-16-26/h5-7,9-18,21H,3-4,8,19-20,22H2,1-2H3,(H,33,37). The molecular weight excluding hydrogens is 495 g/mol. The number of anilines is 1. The maximum Gasteiger partial charge on any atom is 0.245 e. The van der Waals surface area contributed by atoms with Gasteiger partial charge in [-0.2, -0.15) is 5.10 Å². The molecule has 202 valence electrons. The number of hydrogen-bond acceptors (Lipinski definition) is 4. The van der Waals surface area contributed by atoms with Gasteiger partial charge in [0, 0.05) is 18.2 Å². The lowest BCUT2D eigenvalue weighted by molar-refractivity contribution is -0.134. The van der Waals surface area contributed by atoms with Crippen molar-refractivity contribution in [1.82, 2.24) is 14.7 Å². The highest BCUT2D eigenvalue weighted by Crippen LogP contribution is 2.25. The summed E-state index contributed by atoms with van der Waals surface area (Å²) in [4.78, 5) is 28.1. The summed E-state index contributed by atoms with van der Waals surface area (Å²) in [6, 6.07) is 24.6. The zero-order chi connectivity index (χ0) is 27.6. The lowest BCUT2D eigenvalue weighted by atomic mass is 10.1. The smallest absolute Gasteiger partial charge is 0.245 e. The van der Waals surface area contributed by atoms with Crippen molar-refractivity contribution in [3.8, 4) is 22.7 Å². The first-order valence-electron chi connectivity index (χ1n) is 13.1. The number of carbonyl (C=O) groups is 2. The Balaban J connectivity index is 1.53. The van der Waals surface area contributed by atoms with E-state index in [1.807, 2.05) is 54.6 Å². The number of aromatic nitrogens is 2. The molecule has 0 spiro atoms. The van der Waals surface area contributed by atoms with Crippen LogP contribution in [-0.4, -0.2) is 46.7 Å². The summed E-state index contributed by atoms with van der Waals surface area (Å²) in [6.45, 7) is 2.49. The van der Waals surface area contributed by atoms with Gasteiger partial charge in [-0.05, 0) is 48.4 Å². The molecule has 1 N–H and O–H groups in total. The second-order valence-electron chi connectivity index (χ2n) is 9.26. The summed E-state index contributed by atoms with van der Waals surface area (Å²) in [5.41, 5.74) is 2.99. The number of methoxy groups -OCH3 is 1. The number of halogens is 1. The molecular formula is C31H33FN4O3. The van der Waals surface area contributed by atoms with Crippen molar-refractivity contribution < 1.29 is 18.7 Å². The quantitative estimate of drug-likeness (QED) is 0.233. The van der Waals surface area contributed by atoms with Gasteiger partial charge in [-0.15, -0.1) is 0 Å². The first-order valence-corrected chi connectivity index (χ1v) is 13.1. The second-order valence-corrected chi connectivity index (χ2v) is 9.26. The van der Waals surface area contributed by atoms with Crippen molar-refractivity contribution >= 4 is 17.6 Å². The monoisotopic (exact) mass is 528 g/mol. The van der Waals surface area contributed by atoms with Gasteiger partial charge in [0.2, 0.25) is 11.8 Å². The number of carbonyl (C=O) groups excluding carboxylic acids is 2. The van der Waals surface area contributed by atoms with Crippen molar-refractivity contribution in [2.45, 2.75) is 32.6 Å². The highest BCUT2D eigenvalue weighted by atomic mass is 19.1. The highest BCUT2D eigenvalue weighted by molar-refractivity contribution is 5.95. The minimum Gasteiger partial charge on any atom is -0.497 e. The molecule has 2 amide bonds. The fourth-order valence-corrected chi connectivity index (χ4v) is 4.23. The predicted molar refractivity (Wildman–Crippen MR) is 150 cm³/mol. The Morgan fingerprint density at radius 2 is 1.69 bits per heavy atom. The topological polar surface area (TPSA) is 76.5 Å². The van der Waals surface area contributed by atoms with E-state index in [9.17, 15) is 14.0 Å². The van der Waals surface area contributed by atoms with Gasteiger partial charge in [-0.3, -0.25) is 9.59 Å². The van der Waals surface area contributed by atoms with Crippen LogP contribution >= 0.6 is 0 Å². The van der Waals surface area contributed by atoms with Crippen LogP contribution < -0.4 is 10.1 Å². The number of unbranched alkanes of at least 4 members (excludes halogenated alkanes) is 2. The molecule has 4 aromatic rings. The largest absolute Gasteiger partial charge is 0.497 e. The Morgan fingerprint density at radius 3 is 2.36 bits per heavy atom. The summed E-state index contributed by atoms with van der Waals surface area (Å²) in [5.74, 6) is 0.332. The van der Waals surface area contributed by atoms with E-state index in [-0.39, 0.29) is 30.6 Å². The van der Waals surface area contributed by atoms with Crippen LogP contribution in [0, 0.1) is 5.82 Å². The molecule has 0 saturated heterocycles. The Labute approximate surface area is 228 Å². The minimum absolute atomic E-state index is 0.0893. The molecule has 0 unspecified atom stereocenters. The van der Waals surface area contributed by atoms with Gasteiger partial charge in [0.25, 0.3) is 0 Å². The number of nitrogens with one attached hydrogen (secondary N) is 1. The number of hydrogen-bond donors (Lipinski definition) is 1. The fourth-order valence-electron chi connectivity index (χ4n) is 4.23. The Kier molecular flexibility index (Phi) is 9.45. The van der Waals surface area contributed by atoms with E-state index in [2.05, 4.69) is 17.3 Å². The zero-order valence-corrected chi connectivity index (χ0v) is 22.3. The lowest BCUT2D eigenvalue weighted by Gasteiger charge is -2.22. The van der Waals surface area contributed by atoms with E-state index in [1.165, 1.54) is 12.1 Å². The van der Waals surface area contributed by atoms with Gasteiger partial charge < -0.3 is 15.0 Å². The summed E-state index contributed by atoms with van der Waals surface area (Å²) in [6.07, 6.45) is 2.97. The molecule has 4 rings (SSSR count). The average Bonchev–Trinajstić information content (AvgIpc) is 3.37. The fraction of sp³-hybridized carbons (Fsp3) is 0.258. The van der Waals surface area contributed by atoms with E-state index in [0.29, 0.717) is 23.7 Å². The van der Waals surface area contributed by atoms with E-state index >= 15 is 0 Å². The summed E-state index contributed by atoms with van der Waals surface area (Å²) in [7, 11) is 1.60. The molecule has 0 aliphatic rings. The highest BCUT2D eigenvalue weighted by Gasteiger charge is 2.20. The van der Waals surface area contributed by atoms with Crippen LogP contribution in [0.1, 0.15) is 31.7 Å². The number of nitrogens with zero attached hydrogens (tertiary/aromatic N) is 3. The minimum atomic E-state index is -0.363. The number of ether oxygens (including phenoxy) is 1. The van der Waals surface area contributed by atoms with Gasteiger partial charge in [-0.25, -0.2) is 9.07 Å². The average molecular weight is 529 g/mol. The molecule has 39 heavy (non-hydrogen) atoms. The molecule has 3 aromatic carbocycles. The molecule has 0 saturated carbocycles. The van der Waals surface area contributed by atoms with Crippen LogP contribution in [0.5, 0.6) is 5.75 Å². The summed E-state index contributed by atoms with van der Waals surface area (Å²) >= 11 is 0. The molecule has 8 heteroatoms. The van der Waals surface area contributed by atoms with Gasteiger partial charge >= 0.3 is 0 Å². The van der Waals surface area contributed by atoms with Crippen molar-refractivity contribution in [2.75, 3.05) is 25.5 Å². The van der Waals surface area contributed by atoms with Crippen molar-refractivity contribution in [3.63, 3.8) is 0 Å². The van der Waals surface area contributed by atoms with E-state index in [1.54, 1.807) is 34.9 Å². The van der Waals surface area contributed by atoms with Gasteiger partial charge in [0.1, 0.15) is 17.4 Å². The summed E-state index contributed by atoms with van der Waals surface area (Å²) in [5, 5.41) is 7.59. The molecule has 0 radical (unpaired) electrons. The van der Waals surface area contributed by atoms with E-state index < -0.39 is 0 Å². The molecule has 0 fully saturated rings. The maximum absolute atomic E-state index is 13.6. The van der Waals surface area contributed by atoms with Crippen molar-refractivity contribution in [3.05, 3.63) is 96.3 Å². The van der Waals surface area contributed by atoms with Crippen LogP contribution in [-0.2, 0) is 16.0 Å². The molecule has 1 heterocycles. The van der Waals surface area contributed by atoms with Crippen LogP contribution in [0.15, 0.2) is 84.9 Å². The molecule has 0 aliphatic heterocycles. The van der Waals surface area contributed by atoms with E-state index in [0.717, 1.165) is 36.1 Å². The van der Waals surface area contributed by atoms with Crippen LogP contribution in [0.25, 0.3) is 16.9 Å². The number of amides is 2. The number of benzene rings is 3. The Hall–Kier alpha value is -4.46. The summed E-state index contributed by atoms with van der Waals surface area (Å²) < 4.78 is 20.4. The van der Waals surface area contributed by atoms with Crippen molar-refractivity contribution in [1.29, 1.82) is 0 Å². The second kappa shape index (κ2) is 13.4. The van der Waals surface area contributed by atoms with Gasteiger partial charge in [0.15, 0.2) is 0 Å². The van der Waals surface area contributed by atoms with Crippen LogP contribution in [0.4, 0.5) is 10.2 Å². The molecule has 0 atom stereocenters. The SMILES string of the molecule is CCCCCN(CC(=O)Nc1cc(-c2ccccc2)nn1-c1ccc(F)cc1)C(=O)Cc1ccc(OC)cc1. The van der Waals surface area contributed by atoms with Crippen LogP contribution in [0.2, 0.25) is 0 Å². The van der Waals surface area contributed by atoms with Crippen molar-refractivity contribution in [2.24, 2.45) is 0 Å². The first-order chi connectivity index (χ1) is 19.0.